The molecule has 1 aromatic heterocycles. The summed E-state index contributed by atoms with van der Waals surface area (Å²) in [6.45, 7) is 0.485. The van der Waals surface area contributed by atoms with Crippen LogP contribution in [-0.2, 0) is 18.0 Å². The molecular weight excluding hydrogens is 286 g/mol. The van der Waals surface area contributed by atoms with Crippen molar-refractivity contribution in [3.8, 4) is 11.8 Å². The standard InChI is InChI=1S/C16H15NO3S/c18-10-15-9-14(12-21-15)7-4-8-17-16(19)20-11-13-5-2-1-3-6-13/h1-3,5-6,9,12,18H,8,10-11H2,(H,17,19). The van der Waals surface area contributed by atoms with Gasteiger partial charge < -0.3 is 15.2 Å². The zero-order valence-electron chi connectivity index (χ0n) is 11.3. The summed E-state index contributed by atoms with van der Waals surface area (Å²) in [4.78, 5) is 12.3. The van der Waals surface area contributed by atoms with Crippen molar-refractivity contribution in [2.75, 3.05) is 6.54 Å². The van der Waals surface area contributed by atoms with Gasteiger partial charge in [0.15, 0.2) is 0 Å². The van der Waals surface area contributed by atoms with Crippen LogP contribution in [0.2, 0.25) is 0 Å². The minimum absolute atomic E-state index is 0.0242. The first-order valence-electron chi connectivity index (χ1n) is 6.39. The Hall–Kier alpha value is -2.29. The fourth-order valence-corrected chi connectivity index (χ4v) is 2.24. The van der Waals surface area contributed by atoms with Crippen molar-refractivity contribution in [1.29, 1.82) is 0 Å². The fraction of sp³-hybridized carbons (Fsp3) is 0.188. The van der Waals surface area contributed by atoms with Gasteiger partial charge in [-0.15, -0.1) is 11.3 Å². The molecule has 1 amide bonds. The van der Waals surface area contributed by atoms with Gasteiger partial charge in [-0.3, -0.25) is 0 Å². The van der Waals surface area contributed by atoms with Gasteiger partial charge in [0, 0.05) is 15.8 Å². The second-order valence-corrected chi connectivity index (χ2v) is 5.17. The van der Waals surface area contributed by atoms with Crippen LogP contribution >= 0.6 is 11.3 Å². The molecule has 0 unspecified atom stereocenters. The molecule has 0 aliphatic rings. The first-order valence-corrected chi connectivity index (χ1v) is 7.27. The molecule has 0 aliphatic heterocycles. The lowest BCUT2D eigenvalue weighted by Gasteiger charge is -2.04. The number of carbonyl (C=O) groups is 1. The highest BCUT2D eigenvalue weighted by atomic mass is 32.1. The van der Waals surface area contributed by atoms with Crippen molar-refractivity contribution in [2.45, 2.75) is 13.2 Å². The normalized spacial score (nSPS) is 9.57. The molecule has 108 valence electrons. The quantitative estimate of drug-likeness (QED) is 0.853. The van der Waals surface area contributed by atoms with E-state index in [0.29, 0.717) is 0 Å². The SMILES string of the molecule is O=C(NCC#Cc1csc(CO)c1)OCc1ccccc1. The van der Waals surface area contributed by atoms with E-state index in [1.165, 1.54) is 11.3 Å². The number of alkyl carbamates (subject to hydrolysis) is 1. The highest BCUT2D eigenvalue weighted by Gasteiger charge is 2.00. The molecule has 2 N–H and O–H groups in total. The molecule has 4 nitrogen and oxygen atoms in total. The molecule has 2 aromatic rings. The topological polar surface area (TPSA) is 58.6 Å². The molecule has 0 spiro atoms. The summed E-state index contributed by atoms with van der Waals surface area (Å²) >= 11 is 1.46. The molecular formula is C16H15NO3S. The number of benzene rings is 1. The maximum absolute atomic E-state index is 11.4. The van der Waals surface area contributed by atoms with Crippen LogP contribution in [0.25, 0.3) is 0 Å². The summed E-state index contributed by atoms with van der Waals surface area (Å²) in [5, 5.41) is 13.4. The van der Waals surface area contributed by atoms with Crippen molar-refractivity contribution in [3.05, 3.63) is 57.8 Å². The van der Waals surface area contributed by atoms with Crippen molar-refractivity contribution >= 4 is 17.4 Å². The number of thiophene rings is 1. The van der Waals surface area contributed by atoms with Gasteiger partial charge in [0.05, 0.1) is 13.2 Å². The summed E-state index contributed by atoms with van der Waals surface area (Å²) in [6.07, 6.45) is -0.491. The zero-order valence-corrected chi connectivity index (χ0v) is 12.2. The van der Waals surface area contributed by atoms with E-state index in [1.807, 2.05) is 41.8 Å². The van der Waals surface area contributed by atoms with Gasteiger partial charge in [-0.25, -0.2) is 4.79 Å². The Balaban J connectivity index is 1.70. The predicted octanol–water partition coefficient (Wildman–Crippen LogP) is 2.52. The first-order chi connectivity index (χ1) is 10.3. The Bertz CT molecular complexity index is 640. The number of aliphatic hydroxyl groups excluding tert-OH is 1. The van der Waals surface area contributed by atoms with Crippen LogP contribution < -0.4 is 5.32 Å². The second-order valence-electron chi connectivity index (χ2n) is 4.18. The van der Waals surface area contributed by atoms with E-state index in [-0.39, 0.29) is 19.8 Å². The summed E-state index contributed by atoms with van der Waals surface area (Å²) in [6, 6.07) is 11.3. The van der Waals surface area contributed by atoms with E-state index < -0.39 is 6.09 Å². The van der Waals surface area contributed by atoms with Crippen LogP contribution in [0.4, 0.5) is 4.79 Å². The second kappa shape index (κ2) is 8.10. The number of nitrogens with one attached hydrogen (secondary N) is 1. The predicted molar refractivity (Wildman–Crippen MR) is 81.7 cm³/mol. The molecule has 0 atom stereocenters. The minimum atomic E-state index is -0.491. The Kier molecular flexibility index (Phi) is 5.83. The van der Waals surface area contributed by atoms with Crippen molar-refractivity contribution in [1.82, 2.24) is 5.32 Å². The van der Waals surface area contributed by atoms with Crippen LogP contribution in [-0.4, -0.2) is 17.7 Å². The summed E-state index contributed by atoms with van der Waals surface area (Å²) in [7, 11) is 0. The van der Waals surface area contributed by atoms with Crippen molar-refractivity contribution in [3.63, 3.8) is 0 Å². The van der Waals surface area contributed by atoms with Crippen molar-refractivity contribution in [2.24, 2.45) is 0 Å². The lowest BCUT2D eigenvalue weighted by atomic mass is 10.2. The van der Waals surface area contributed by atoms with E-state index in [4.69, 9.17) is 9.84 Å². The maximum Gasteiger partial charge on any atom is 0.408 e. The van der Waals surface area contributed by atoms with Crippen LogP contribution in [0.1, 0.15) is 16.0 Å². The molecule has 2 rings (SSSR count). The largest absolute Gasteiger partial charge is 0.445 e. The molecule has 1 aromatic carbocycles. The van der Waals surface area contributed by atoms with Crippen LogP contribution in [0.15, 0.2) is 41.8 Å². The first kappa shape index (κ1) is 15.1. The van der Waals surface area contributed by atoms with E-state index in [9.17, 15) is 4.79 Å². The average Bonchev–Trinajstić information content (AvgIpc) is 2.98. The smallest absolute Gasteiger partial charge is 0.408 e. The number of hydrogen-bond donors (Lipinski definition) is 2. The number of amides is 1. The van der Waals surface area contributed by atoms with Gasteiger partial charge in [0.25, 0.3) is 0 Å². The van der Waals surface area contributed by atoms with Gasteiger partial charge in [0.1, 0.15) is 6.61 Å². The van der Waals surface area contributed by atoms with Gasteiger partial charge in [-0.05, 0) is 11.6 Å². The molecule has 5 heteroatoms. The number of ether oxygens (including phenoxy) is 1. The number of carbonyl (C=O) groups excluding carboxylic acids is 1. The lowest BCUT2D eigenvalue weighted by molar-refractivity contribution is 0.141. The molecule has 0 bridgehead atoms. The monoisotopic (exact) mass is 301 g/mol. The van der Waals surface area contributed by atoms with E-state index in [1.54, 1.807) is 0 Å². The highest BCUT2D eigenvalue weighted by molar-refractivity contribution is 7.10. The van der Waals surface area contributed by atoms with Crippen LogP contribution in [0, 0.1) is 11.8 Å². The van der Waals surface area contributed by atoms with Gasteiger partial charge in [0.2, 0.25) is 0 Å². The molecule has 0 radical (unpaired) electrons. The third-order valence-electron chi connectivity index (χ3n) is 2.58. The highest BCUT2D eigenvalue weighted by Crippen LogP contribution is 2.12. The molecule has 0 fully saturated rings. The summed E-state index contributed by atoms with van der Waals surface area (Å²) < 4.78 is 5.05. The lowest BCUT2D eigenvalue weighted by Crippen LogP contribution is -2.24. The van der Waals surface area contributed by atoms with E-state index in [2.05, 4.69) is 17.2 Å². The molecule has 1 heterocycles. The van der Waals surface area contributed by atoms with Gasteiger partial charge >= 0.3 is 6.09 Å². The van der Waals surface area contributed by atoms with E-state index in [0.717, 1.165) is 16.0 Å². The third-order valence-corrected chi connectivity index (χ3v) is 3.50. The Morgan fingerprint density at radius 3 is 2.86 bits per heavy atom. The van der Waals surface area contributed by atoms with Crippen LogP contribution in [0.5, 0.6) is 0 Å². The summed E-state index contributed by atoms with van der Waals surface area (Å²) in [5.74, 6) is 5.74. The summed E-state index contributed by atoms with van der Waals surface area (Å²) in [5.41, 5.74) is 1.78. The third kappa shape index (κ3) is 5.30. The van der Waals surface area contributed by atoms with Crippen molar-refractivity contribution < 1.29 is 14.6 Å². The zero-order chi connectivity index (χ0) is 14.9. The number of rotatable bonds is 4. The van der Waals surface area contributed by atoms with Crippen LogP contribution in [0.3, 0.4) is 0 Å². The molecule has 0 saturated carbocycles. The maximum atomic E-state index is 11.4. The molecule has 0 aliphatic carbocycles. The number of aliphatic hydroxyl groups is 1. The van der Waals surface area contributed by atoms with Gasteiger partial charge in [-0.1, -0.05) is 42.2 Å². The van der Waals surface area contributed by atoms with Gasteiger partial charge in [-0.2, -0.15) is 0 Å². The minimum Gasteiger partial charge on any atom is -0.445 e. The molecule has 21 heavy (non-hydrogen) atoms. The molecule has 0 saturated heterocycles. The number of hydrogen-bond acceptors (Lipinski definition) is 4. The Labute approximate surface area is 127 Å². The Morgan fingerprint density at radius 1 is 1.33 bits per heavy atom. The van der Waals surface area contributed by atoms with E-state index >= 15 is 0 Å². The average molecular weight is 301 g/mol. The fourth-order valence-electron chi connectivity index (χ4n) is 1.57. The Morgan fingerprint density at radius 2 is 2.14 bits per heavy atom.